The molecule has 110 valence electrons. The molecule has 0 bridgehead atoms. The van der Waals surface area contributed by atoms with Crippen molar-refractivity contribution in [3.63, 3.8) is 0 Å². The second-order valence-electron chi connectivity index (χ2n) is 4.47. The summed E-state index contributed by atoms with van der Waals surface area (Å²) in [5, 5.41) is 24.0. The molecular weight excluding hydrogens is 266 g/mol. The molecule has 0 fully saturated rings. The molecule has 1 rings (SSSR count). The summed E-state index contributed by atoms with van der Waals surface area (Å²) in [4.78, 5) is 33.6. The monoisotopic (exact) mass is 283 g/mol. The normalized spacial score (nSPS) is 11.9. The van der Waals surface area contributed by atoms with Gasteiger partial charge in [0.25, 0.3) is 5.91 Å². The third-order valence-electron chi connectivity index (χ3n) is 2.99. The van der Waals surface area contributed by atoms with Crippen molar-refractivity contribution in [3.05, 3.63) is 17.0 Å². The Balaban J connectivity index is 2.85. The largest absolute Gasteiger partial charge is 0.481 e. The lowest BCUT2D eigenvalue weighted by Gasteiger charge is -2.13. The molecule has 0 aliphatic heterocycles. The minimum absolute atomic E-state index is 0.172. The van der Waals surface area contributed by atoms with E-state index in [1.54, 1.807) is 20.9 Å². The number of aromatic nitrogens is 2. The standard InChI is InChI=1S/C12H17N3O5/c1-6-10(7(2)15(3)14-6)11(18)13-8(12(19)20)4-5-9(16)17/h8H,4-5H2,1-3H3,(H,13,18)(H,16,17)(H,19,20)/t8-/m0/s1. The van der Waals surface area contributed by atoms with Crippen molar-refractivity contribution in [2.45, 2.75) is 32.7 Å². The molecule has 0 radical (unpaired) electrons. The lowest BCUT2D eigenvalue weighted by molar-refractivity contribution is -0.140. The predicted molar refractivity (Wildman–Crippen MR) is 68.4 cm³/mol. The molecule has 0 aromatic carbocycles. The zero-order valence-electron chi connectivity index (χ0n) is 11.5. The van der Waals surface area contributed by atoms with Gasteiger partial charge in [-0.2, -0.15) is 5.10 Å². The van der Waals surface area contributed by atoms with E-state index in [9.17, 15) is 14.4 Å². The Kier molecular flexibility index (Phi) is 4.84. The zero-order chi connectivity index (χ0) is 15.4. The Morgan fingerprint density at radius 2 is 1.90 bits per heavy atom. The molecule has 0 spiro atoms. The average Bonchev–Trinajstić information content (AvgIpc) is 2.58. The van der Waals surface area contributed by atoms with Gasteiger partial charge in [-0.3, -0.25) is 14.3 Å². The summed E-state index contributed by atoms with van der Waals surface area (Å²) in [5.74, 6) is -2.94. The Morgan fingerprint density at radius 1 is 1.30 bits per heavy atom. The minimum Gasteiger partial charge on any atom is -0.481 e. The van der Waals surface area contributed by atoms with E-state index in [0.717, 1.165) is 0 Å². The summed E-state index contributed by atoms with van der Waals surface area (Å²) in [7, 11) is 1.68. The Labute approximate surface area is 115 Å². The molecule has 1 amide bonds. The second kappa shape index (κ2) is 6.18. The smallest absolute Gasteiger partial charge is 0.326 e. The van der Waals surface area contributed by atoms with Crippen molar-refractivity contribution < 1.29 is 24.6 Å². The van der Waals surface area contributed by atoms with Crippen molar-refractivity contribution >= 4 is 17.8 Å². The fourth-order valence-electron chi connectivity index (χ4n) is 1.86. The highest BCUT2D eigenvalue weighted by Crippen LogP contribution is 2.12. The van der Waals surface area contributed by atoms with E-state index in [4.69, 9.17) is 10.2 Å². The van der Waals surface area contributed by atoms with Crippen LogP contribution in [0.5, 0.6) is 0 Å². The van der Waals surface area contributed by atoms with Crippen molar-refractivity contribution in [1.82, 2.24) is 15.1 Å². The van der Waals surface area contributed by atoms with Crippen LogP contribution >= 0.6 is 0 Å². The van der Waals surface area contributed by atoms with Crippen molar-refractivity contribution in [3.8, 4) is 0 Å². The zero-order valence-corrected chi connectivity index (χ0v) is 11.5. The molecular formula is C12H17N3O5. The first-order valence-electron chi connectivity index (χ1n) is 5.99. The van der Waals surface area contributed by atoms with Crippen molar-refractivity contribution in [2.24, 2.45) is 7.05 Å². The van der Waals surface area contributed by atoms with Crippen LogP contribution in [0.2, 0.25) is 0 Å². The van der Waals surface area contributed by atoms with Gasteiger partial charge in [-0.05, 0) is 20.3 Å². The third kappa shape index (κ3) is 3.56. The minimum atomic E-state index is -1.27. The molecule has 0 saturated heterocycles. The predicted octanol–water partition coefficient (Wildman–Crippen LogP) is 0.0847. The number of nitrogens with zero attached hydrogens (tertiary/aromatic N) is 2. The summed E-state index contributed by atoms with van der Waals surface area (Å²) in [6.07, 6.45) is -0.503. The highest BCUT2D eigenvalue weighted by molar-refractivity contribution is 5.98. The number of carbonyl (C=O) groups excluding carboxylic acids is 1. The van der Waals surface area contributed by atoms with Crippen LogP contribution in [0.1, 0.15) is 34.6 Å². The van der Waals surface area contributed by atoms with Crippen molar-refractivity contribution in [1.29, 1.82) is 0 Å². The van der Waals surface area contributed by atoms with Crippen LogP contribution in [0.3, 0.4) is 0 Å². The van der Waals surface area contributed by atoms with Gasteiger partial charge < -0.3 is 15.5 Å². The van der Waals surface area contributed by atoms with Gasteiger partial charge in [0, 0.05) is 19.2 Å². The molecule has 3 N–H and O–H groups in total. The van der Waals surface area contributed by atoms with Gasteiger partial charge in [-0.1, -0.05) is 0 Å². The quantitative estimate of drug-likeness (QED) is 0.680. The summed E-state index contributed by atoms with van der Waals surface area (Å²) < 4.78 is 1.53. The first-order chi connectivity index (χ1) is 9.23. The Hall–Kier alpha value is -2.38. The van der Waals surface area contributed by atoms with Crippen molar-refractivity contribution in [2.75, 3.05) is 0 Å². The number of carboxylic acids is 2. The SMILES string of the molecule is Cc1nn(C)c(C)c1C(=O)N[C@@H](CCC(=O)O)C(=O)O. The number of nitrogens with one attached hydrogen (secondary N) is 1. The highest BCUT2D eigenvalue weighted by Gasteiger charge is 2.24. The summed E-state index contributed by atoms with van der Waals surface area (Å²) in [6.45, 7) is 3.34. The van der Waals surface area contributed by atoms with E-state index in [0.29, 0.717) is 17.0 Å². The number of aryl methyl sites for hydroxylation is 2. The molecule has 0 unspecified atom stereocenters. The number of carboxylic acid groups (broad SMARTS) is 2. The number of amides is 1. The van der Waals surface area contributed by atoms with E-state index in [-0.39, 0.29) is 12.8 Å². The number of carbonyl (C=O) groups is 3. The van der Waals surface area contributed by atoms with Gasteiger partial charge in [0.05, 0.1) is 11.3 Å². The third-order valence-corrected chi connectivity index (χ3v) is 2.99. The topological polar surface area (TPSA) is 122 Å². The summed E-state index contributed by atoms with van der Waals surface area (Å²) >= 11 is 0. The summed E-state index contributed by atoms with van der Waals surface area (Å²) in [5.41, 5.74) is 1.42. The van der Waals surface area contributed by atoms with Gasteiger partial charge in [-0.15, -0.1) is 0 Å². The molecule has 1 aromatic heterocycles. The van der Waals surface area contributed by atoms with Crippen LogP contribution in [0.15, 0.2) is 0 Å². The average molecular weight is 283 g/mol. The number of aliphatic carboxylic acids is 2. The maximum Gasteiger partial charge on any atom is 0.326 e. The number of hydrogen-bond acceptors (Lipinski definition) is 4. The van der Waals surface area contributed by atoms with E-state index in [1.807, 2.05) is 0 Å². The van der Waals surface area contributed by atoms with Gasteiger partial charge in [-0.25, -0.2) is 4.79 Å². The van der Waals surface area contributed by atoms with Gasteiger partial charge in [0.15, 0.2) is 0 Å². The van der Waals surface area contributed by atoms with Gasteiger partial charge in [0.1, 0.15) is 6.04 Å². The van der Waals surface area contributed by atoms with E-state index in [2.05, 4.69) is 10.4 Å². The highest BCUT2D eigenvalue weighted by atomic mass is 16.4. The molecule has 8 nitrogen and oxygen atoms in total. The maximum absolute atomic E-state index is 12.1. The molecule has 8 heteroatoms. The Bertz CT molecular complexity index is 550. The molecule has 0 aliphatic rings. The lowest BCUT2D eigenvalue weighted by Crippen LogP contribution is -2.41. The first-order valence-corrected chi connectivity index (χ1v) is 5.99. The fourth-order valence-corrected chi connectivity index (χ4v) is 1.86. The summed E-state index contributed by atoms with van der Waals surface area (Å²) in [6, 6.07) is -1.24. The van der Waals surface area contributed by atoms with Crippen LogP contribution < -0.4 is 5.32 Å². The Morgan fingerprint density at radius 3 is 2.30 bits per heavy atom. The maximum atomic E-state index is 12.1. The van der Waals surface area contributed by atoms with Gasteiger partial charge >= 0.3 is 11.9 Å². The van der Waals surface area contributed by atoms with E-state index in [1.165, 1.54) is 4.68 Å². The molecule has 20 heavy (non-hydrogen) atoms. The van der Waals surface area contributed by atoms with Crippen LogP contribution in [0, 0.1) is 13.8 Å². The van der Waals surface area contributed by atoms with Crippen LogP contribution in [-0.4, -0.2) is 43.9 Å². The lowest BCUT2D eigenvalue weighted by atomic mass is 10.1. The number of hydrogen-bond donors (Lipinski definition) is 3. The van der Waals surface area contributed by atoms with Crippen LogP contribution in [0.25, 0.3) is 0 Å². The molecule has 1 atom stereocenters. The number of rotatable bonds is 6. The fraction of sp³-hybridized carbons (Fsp3) is 0.500. The van der Waals surface area contributed by atoms with Crippen LogP contribution in [0.4, 0.5) is 0 Å². The van der Waals surface area contributed by atoms with Gasteiger partial charge in [0.2, 0.25) is 0 Å². The second-order valence-corrected chi connectivity index (χ2v) is 4.47. The molecule has 1 aromatic rings. The van der Waals surface area contributed by atoms with Crippen LogP contribution in [-0.2, 0) is 16.6 Å². The first kappa shape index (κ1) is 15.7. The molecule has 0 saturated carbocycles. The molecule has 1 heterocycles. The van der Waals surface area contributed by atoms with E-state index < -0.39 is 23.9 Å². The van der Waals surface area contributed by atoms with E-state index >= 15 is 0 Å². The molecule has 0 aliphatic carbocycles.